The Morgan fingerprint density at radius 2 is 2.00 bits per heavy atom. The molecule has 3 rings (SSSR count). The van der Waals surface area contributed by atoms with Crippen LogP contribution in [0.2, 0.25) is 0 Å². The van der Waals surface area contributed by atoms with E-state index >= 15 is 0 Å². The normalized spacial score (nSPS) is 11.2. The summed E-state index contributed by atoms with van der Waals surface area (Å²) in [7, 11) is 1.72. The van der Waals surface area contributed by atoms with Crippen molar-refractivity contribution >= 4 is 35.8 Å². The van der Waals surface area contributed by atoms with E-state index in [1.54, 1.807) is 11.7 Å². The van der Waals surface area contributed by atoms with Crippen LogP contribution in [-0.2, 0) is 13.0 Å². The van der Waals surface area contributed by atoms with Gasteiger partial charge in [-0.2, -0.15) is 10.4 Å². The van der Waals surface area contributed by atoms with Crippen molar-refractivity contribution in [1.29, 1.82) is 5.26 Å². The maximum absolute atomic E-state index is 9.56. The summed E-state index contributed by atoms with van der Waals surface area (Å²) in [6.45, 7) is 7.33. The van der Waals surface area contributed by atoms with Crippen LogP contribution in [0.1, 0.15) is 54.5 Å². The van der Waals surface area contributed by atoms with E-state index in [4.69, 9.17) is 10.3 Å². The minimum Gasteiger partial charge on any atom is -0.382 e. The molecule has 3 aromatic rings. The van der Waals surface area contributed by atoms with Crippen LogP contribution in [0.5, 0.6) is 0 Å². The highest BCUT2D eigenvalue weighted by atomic mass is 127. The van der Waals surface area contributed by atoms with Gasteiger partial charge in [-0.25, -0.2) is 4.68 Å². The Bertz CT molecular complexity index is 1110. The molecule has 4 N–H and O–H groups in total. The smallest absolute Gasteiger partial charge is 0.191 e. The quantitative estimate of drug-likeness (QED) is 0.165. The number of hydrogen-bond donors (Lipinski definition) is 3. The van der Waals surface area contributed by atoms with Gasteiger partial charge < -0.3 is 20.9 Å². The number of aliphatic imine (C=N–C) groups is 1. The van der Waals surface area contributed by atoms with Gasteiger partial charge in [-0.1, -0.05) is 36.7 Å². The fourth-order valence-electron chi connectivity index (χ4n) is 3.20. The molecule has 9 nitrogen and oxygen atoms in total. The third-order valence-corrected chi connectivity index (χ3v) is 5.09. The Hall–Kier alpha value is -3.07. The number of halogens is 1. The highest BCUT2D eigenvalue weighted by molar-refractivity contribution is 14.0. The lowest BCUT2D eigenvalue weighted by atomic mass is 10.1. The number of nitrogens with zero attached hydrogens (tertiary/aromatic N) is 5. The SMILES string of the molecule is CN=C(NCCCc1nn(-c2ccc(C)cc2)c(N)c1C#N)NCc1cc(C(C)C)no1.I. The molecule has 2 aromatic heterocycles. The number of guanidine groups is 1. The summed E-state index contributed by atoms with van der Waals surface area (Å²) in [6.07, 6.45) is 1.38. The van der Waals surface area contributed by atoms with Crippen molar-refractivity contribution in [3.05, 3.63) is 58.6 Å². The molecule has 0 spiro atoms. The second-order valence-corrected chi connectivity index (χ2v) is 7.89. The maximum Gasteiger partial charge on any atom is 0.191 e. The van der Waals surface area contributed by atoms with Crippen LogP contribution in [0.25, 0.3) is 5.69 Å². The van der Waals surface area contributed by atoms with E-state index in [9.17, 15) is 5.26 Å². The predicted octanol–water partition coefficient (Wildman–Crippen LogP) is 3.66. The molecule has 10 heteroatoms. The first-order valence-electron chi connectivity index (χ1n) is 10.7. The summed E-state index contributed by atoms with van der Waals surface area (Å²) in [5.41, 5.74) is 10.2. The summed E-state index contributed by atoms with van der Waals surface area (Å²) >= 11 is 0. The van der Waals surface area contributed by atoms with Gasteiger partial charge in [0.15, 0.2) is 11.7 Å². The van der Waals surface area contributed by atoms with E-state index in [-0.39, 0.29) is 24.0 Å². The molecule has 0 radical (unpaired) electrons. The Balaban J connectivity index is 0.00000385. The average molecular weight is 562 g/mol. The number of aryl methyl sites for hydroxylation is 2. The number of aromatic nitrogens is 3. The van der Waals surface area contributed by atoms with Gasteiger partial charge in [0.05, 0.1) is 23.6 Å². The number of nitrogens with one attached hydrogen (secondary N) is 2. The van der Waals surface area contributed by atoms with Gasteiger partial charge in [-0.15, -0.1) is 24.0 Å². The molecule has 2 heterocycles. The third kappa shape index (κ3) is 6.71. The molecule has 0 aliphatic heterocycles. The molecule has 33 heavy (non-hydrogen) atoms. The maximum atomic E-state index is 9.56. The van der Waals surface area contributed by atoms with Crippen molar-refractivity contribution in [2.75, 3.05) is 19.3 Å². The molecule has 0 fully saturated rings. The van der Waals surface area contributed by atoms with Crippen molar-refractivity contribution in [1.82, 2.24) is 25.6 Å². The summed E-state index contributed by atoms with van der Waals surface area (Å²) < 4.78 is 6.97. The first-order valence-corrected chi connectivity index (χ1v) is 10.7. The van der Waals surface area contributed by atoms with Crippen LogP contribution < -0.4 is 16.4 Å². The minimum absolute atomic E-state index is 0. The summed E-state index contributed by atoms with van der Waals surface area (Å²) in [5.74, 6) is 2.11. The number of benzene rings is 1. The van der Waals surface area contributed by atoms with Gasteiger partial charge in [0.2, 0.25) is 0 Å². The zero-order valence-electron chi connectivity index (χ0n) is 19.4. The fraction of sp³-hybridized carbons (Fsp3) is 0.391. The summed E-state index contributed by atoms with van der Waals surface area (Å²) in [4.78, 5) is 4.23. The molecular weight excluding hydrogens is 531 g/mol. The Labute approximate surface area is 211 Å². The van der Waals surface area contributed by atoms with Crippen molar-refractivity contribution in [2.24, 2.45) is 4.99 Å². The zero-order chi connectivity index (χ0) is 23.1. The second-order valence-electron chi connectivity index (χ2n) is 7.89. The molecule has 0 atom stereocenters. The number of hydrogen-bond acceptors (Lipinski definition) is 6. The number of anilines is 1. The number of nitriles is 1. The monoisotopic (exact) mass is 562 g/mol. The molecular formula is C23H31IN8O. The van der Waals surface area contributed by atoms with Crippen molar-refractivity contribution in [3.63, 3.8) is 0 Å². The molecule has 0 unspecified atom stereocenters. The molecule has 0 amide bonds. The lowest BCUT2D eigenvalue weighted by Crippen LogP contribution is -2.37. The minimum atomic E-state index is 0. The van der Waals surface area contributed by atoms with E-state index < -0.39 is 0 Å². The van der Waals surface area contributed by atoms with Crippen molar-refractivity contribution in [3.8, 4) is 11.8 Å². The van der Waals surface area contributed by atoms with Gasteiger partial charge in [-0.3, -0.25) is 4.99 Å². The highest BCUT2D eigenvalue weighted by Crippen LogP contribution is 2.21. The van der Waals surface area contributed by atoms with Crippen LogP contribution in [0.15, 0.2) is 39.8 Å². The van der Waals surface area contributed by atoms with Crippen LogP contribution in [0, 0.1) is 18.3 Å². The van der Waals surface area contributed by atoms with Crippen LogP contribution in [0.3, 0.4) is 0 Å². The first-order chi connectivity index (χ1) is 15.4. The van der Waals surface area contributed by atoms with Crippen LogP contribution in [-0.4, -0.2) is 34.5 Å². The zero-order valence-corrected chi connectivity index (χ0v) is 21.8. The molecule has 176 valence electrons. The lowest BCUT2D eigenvalue weighted by Gasteiger charge is -2.10. The van der Waals surface area contributed by atoms with Gasteiger partial charge in [-0.05, 0) is 37.8 Å². The molecule has 0 saturated carbocycles. The van der Waals surface area contributed by atoms with E-state index in [0.717, 1.165) is 29.1 Å². The van der Waals surface area contributed by atoms with Crippen LogP contribution >= 0.6 is 24.0 Å². The van der Waals surface area contributed by atoms with Crippen LogP contribution in [0.4, 0.5) is 5.82 Å². The first kappa shape index (κ1) is 26.2. The van der Waals surface area contributed by atoms with Gasteiger partial charge >= 0.3 is 0 Å². The molecule has 1 aromatic carbocycles. The van der Waals surface area contributed by atoms with E-state index in [1.165, 1.54) is 0 Å². The van der Waals surface area contributed by atoms with Gasteiger partial charge in [0.25, 0.3) is 0 Å². The highest BCUT2D eigenvalue weighted by Gasteiger charge is 2.16. The second kappa shape index (κ2) is 12.2. The third-order valence-electron chi connectivity index (χ3n) is 5.09. The van der Waals surface area contributed by atoms with Crippen molar-refractivity contribution < 1.29 is 4.52 Å². The Morgan fingerprint density at radius 3 is 2.61 bits per heavy atom. The summed E-state index contributed by atoms with van der Waals surface area (Å²) in [5, 5.41) is 24.7. The largest absolute Gasteiger partial charge is 0.382 e. The predicted molar refractivity (Wildman–Crippen MR) is 140 cm³/mol. The molecule has 0 saturated heterocycles. The number of rotatable bonds is 8. The van der Waals surface area contributed by atoms with E-state index in [1.807, 2.05) is 37.3 Å². The fourth-order valence-corrected chi connectivity index (χ4v) is 3.20. The lowest BCUT2D eigenvalue weighted by molar-refractivity contribution is 0.372. The molecule has 0 bridgehead atoms. The van der Waals surface area contributed by atoms with E-state index in [0.29, 0.717) is 48.5 Å². The Kier molecular flexibility index (Phi) is 9.72. The average Bonchev–Trinajstić information content (AvgIpc) is 3.38. The number of nitrogen functional groups attached to an aromatic ring is 1. The van der Waals surface area contributed by atoms with Gasteiger partial charge in [0.1, 0.15) is 17.5 Å². The number of nitrogens with two attached hydrogens (primary N) is 1. The molecule has 0 aliphatic rings. The standard InChI is InChI=1S/C23H30N8O.HI/c1-15(2)21-12-18(32-30-21)14-28-23(26-4)27-11-5-6-20-19(13-24)22(25)31(29-20)17-9-7-16(3)8-10-17;/h7-10,12,15H,5-6,11,14,25H2,1-4H3,(H2,26,27,28);1H. The van der Waals surface area contributed by atoms with Crippen molar-refractivity contribution in [2.45, 2.75) is 46.1 Å². The molecule has 0 aliphatic carbocycles. The Morgan fingerprint density at radius 1 is 1.27 bits per heavy atom. The van der Waals surface area contributed by atoms with E-state index in [2.05, 4.69) is 45.8 Å². The summed E-state index contributed by atoms with van der Waals surface area (Å²) in [6, 6.07) is 12.0. The van der Waals surface area contributed by atoms with Gasteiger partial charge in [0, 0.05) is 19.7 Å². The topological polar surface area (TPSA) is 130 Å².